The summed E-state index contributed by atoms with van der Waals surface area (Å²) in [5.74, 6) is 0.736. The van der Waals surface area contributed by atoms with E-state index in [1.54, 1.807) is 29.2 Å². The Kier molecular flexibility index (Phi) is 7.10. The van der Waals surface area contributed by atoms with Gasteiger partial charge in [0, 0.05) is 18.2 Å². The Balaban J connectivity index is 1.83. The fourth-order valence-corrected chi connectivity index (χ4v) is 5.50. The van der Waals surface area contributed by atoms with Crippen LogP contribution in [0.1, 0.15) is 62.0 Å². The first kappa shape index (κ1) is 23.3. The molecule has 1 amide bonds. The van der Waals surface area contributed by atoms with Crippen LogP contribution in [-0.4, -0.2) is 43.4 Å². The first-order chi connectivity index (χ1) is 14.6. The van der Waals surface area contributed by atoms with Crippen LogP contribution in [0.2, 0.25) is 0 Å². The SMILES string of the molecule is CCCOc1ccc(C(=O)N(Cc2ccc(C(C)(C)C)cc2)[C@@H]2CCS(=O)(=O)C2)cc1. The summed E-state index contributed by atoms with van der Waals surface area (Å²) in [5.41, 5.74) is 2.81. The second-order valence-corrected chi connectivity index (χ2v) is 11.5. The molecule has 168 valence electrons. The smallest absolute Gasteiger partial charge is 0.254 e. The van der Waals surface area contributed by atoms with Gasteiger partial charge in [0.1, 0.15) is 5.75 Å². The van der Waals surface area contributed by atoms with Gasteiger partial charge in [-0.15, -0.1) is 0 Å². The number of rotatable bonds is 7. The van der Waals surface area contributed by atoms with E-state index in [-0.39, 0.29) is 28.9 Å². The van der Waals surface area contributed by atoms with Crippen LogP contribution in [0.25, 0.3) is 0 Å². The van der Waals surface area contributed by atoms with E-state index in [9.17, 15) is 13.2 Å². The predicted octanol–water partition coefficient (Wildman–Crippen LogP) is 4.60. The van der Waals surface area contributed by atoms with Crippen LogP contribution in [0.5, 0.6) is 5.75 Å². The van der Waals surface area contributed by atoms with Crippen molar-refractivity contribution in [3.8, 4) is 5.75 Å². The molecule has 1 aliphatic heterocycles. The molecule has 1 aliphatic rings. The van der Waals surface area contributed by atoms with E-state index in [4.69, 9.17) is 4.74 Å². The van der Waals surface area contributed by atoms with Gasteiger partial charge in [0.2, 0.25) is 0 Å². The summed E-state index contributed by atoms with van der Waals surface area (Å²) in [6.07, 6.45) is 1.39. The monoisotopic (exact) mass is 443 g/mol. The van der Waals surface area contributed by atoms with Crippen LogP contribution in [0.3, 0.4) is 0 Å². The van der Waals surface area contributed by atoms with Crippen molar-refractivity contribution >= 4 is 15.7 Å². The number of carbonyl (C=O) groups is 1. The molecule has 0 aromatic heterocycles. The zero-order chi connectivity index (χ0) is 22.6. The molecule has 2 aromatic carbocycles. The number of hydrogen-bond donors (Lipinski definition) is 0. The molecule has 3 rings (SSSR count). The van der Waals surface area contributed by atoms with Crippen LogP contribution < -0.4 is 4.74 Å². The number of carbonyl (C=O) groups excluding carboxylic acids is 1. The van der Waals surface area contributed by atoms with Crippen LogP contribution >= 0.6 is 0 Å². The maximum absolute atomic E-state index is 13.4. The van der Waals surface area contributed by atoms with Crippen LogP contribution in [-0.2, 0) is 21.8 Å². The third-order valence-corrected chi connectivity index (χ3v) is 7.41. The topological polar surface area (TPSA) is 63.7 Å². The number of benzene rings is 2. The summed E-state index contributed by atoms with van der Waals surface area (Å²) in [6.45, 7) is 9.54. The number of hydrogen-bond acceptors (Lipinski definition) is 4. The molecule has 0 spiro atoms. The zero-order valence-corrected chi connectivity index (χ0v) is 19.7. The van der Waals surface area contributed by atoms with E-state index in [2.05, 4.69) is 32.9 Å². The van der Waals surface area contributed by atoms with Crippen molar-refractivity contribution in [1.29, 1.82) is 0 Å². The lowest BCUT2D eigenvalue weighted by Crippen LogP contribution is -2.40. The number of sulfone groups is 1. The van der Waals surface area contributed by atoms with Crippen LogP contribution in [0, 0.1) is 0 Å². The lowest BCUT2D eigenvalue weighted by molar-refractivity contribution is 0.0681. The third kappa shape index (κ3) is 6.10. The summed E-state index contributed by atoms with van der Waals surface area (Å²) in [5, 5.41) is 0. The lowest BCUT2D eigenvalue weighted by Gasteiger charge is -2.29. The molecule has 0 N–H and O–H groups in total. The molecule has 0 saturated carbocycles. The molecule has 31 heavy (non-hydrogen) atoms. The largest absolute Gasteiger partial charge is 0.494 e. The van der Waals surface area contributed by atoms with Gasteiger partial charge in [-0.05, 0) is 53.6 Å². The Morgan fingerprint density at radius 3 is 2.23 bits per heavy atom. The average Bonchev–Trinajstić information content (AvgIpc) is 3.09. The van der Waals surface area contributed by atoms with Crippen molar-refractivity contribution in [3.63, 3.8) is 0 Å². The Morgan fingerprint density at radius 1 is 1.06 bits per heavy atom. The zero-order valence-electron chi connectivity index (χ0n) is 18.9. The second-order valence-electron chi connectivity index (χ2n) is 9.31. The minimum absolute atomic E-state index is 0.0243. The second kappa shape index (κ2) is 9.43. The maximum Gasteiger partial charge on any atom is 0.254 e. The molecular formula is C25H33NO4S. The summed E-state index contributed by atoms with van der Waals surface area (Å²) in [4.78, 5) is 15.1. The number of amides is 1. The molecule has 0 unspecified atom stereocenters. The first-order valence-corrected chi connectivity index (χ1v) is 12.7. The van der Waals surface area contributed by atoms with Gasteiger partial charge < -0.3 is 9.64 Å². The van der Waals surface area contributed by atoms with E-state index in [1.807, 2.05) is 19.1 Å². The lowest BCUT2D eigenvalue weighted by atomic mass is 9.86. The molecule has 0 aliphatic carbocycles. The van der Waals surface area contributed by atoms with Crippen molar-refractivity contribution in [1.82, 2.24) is 4.90 Å². The normalized spacial score (nSPS) is 18.0. The van der Waals surface area contributed by atoms with E-state index in [0.29, 0.717) is 25.1 Å². The summed E-state index contributed by atoms with van der Waals surface area (Å²) >= 11 is 0. The highest BCUT2D eigenvalue weighted by Gasteiger charge is 2.35. The Bertz CT molecular complexity index is 989. The van der Waals surface area contributed by atoms with Crippen molar-refractivity contribution in [2.45, 2.75) is 58.5 Å². The summed E-state index contributed by atoms with van der Waals surface area (Å²) < 4.78 is 29.8. The van der Waals surface area contributed by atoms with Gasteiger partial charge in [-0.3, -0.25) is 4.79 Å². The maximum atomic E-state index is 13.4. The van der Waals surface area contributed by atoms with Gasteiger partial charge >= 0.3 is 0 Å². The van der Waals surface area contributed by atoms with Crippen LogP contribution in [0.15, 0.2) is 48.5 Å². The molecule has 1 atom stereocenters. The molecule has 5 nitrogen and oxygen atoms in total. The molecular weight excluding hydrogens is 410 g/mol. The van der Waals surface area contributed by atoms with E-state index in [1.165, 1.54) is 5.56 Å². The van der Waals surface area contributed by atoms with E-state index < -0.39 is 9.84 Å². The van der Waals surface area contributed by atoms with Crippen molar-refractivity contribution in [2.24, 2.45) is 0 Å². The van der Waals surface area contributed by atoms with Crippen molar-refractivity contribution < 1.29 is 17.9 Å². The molecule has 0 bridgehead atoms. The molecule has 0 radical (unpaired) electrons. The van der Waals surface area contributed by atoms with Crippen LogP contribution in [0.4, 0.5) is 0 Å². The van der Waals surface area contributed by atoms with E-state index in [0.717, 1.165) is 17.7 Å². The van der Waals surface area contributed by atoms with Gasteiger partial charge in [0.05, 0.1) is 18.1 Å². The van der Waals surface area contributed by atoms with Gasteiger partial charge in [0.15, 0.2) is 9.84 Å². The quantitative estimate of drug-likeness (QED) is 0.627. The Hall–Kier alpha value is -2.34. The molecule has 1 fully saturated rings. The minimum atomic E-state index is -3.11. The Labute approximate surface area is 186 Å². The van der Waals surface area contributed by atoms with E-state index >= 15 is 0 Å². The van der Waals surface area contributed by atoms with Crippen molar-refractivity contribution in [2.75, 3.05) is 18.1 Å². The van der Waals surface area contributed by atoms with Gasteiger partial charge in [-0.2, -0.15) is 0 Å². The fourth-order valence-electron chi connectivity index (χ4n) is 3.77. The fraction of sp³-hybridized carbons (Fsp3) is 0.480. The standard InChI is InChI=1S/C25H33NO4S/c1-5-15-30-23-12-8-20(9-13-23)24(27)26(22-14-16-31(28,29)18-22)17-19-6-10-21(11-7-19)25(2,3)4/h6-13,22H,5,14-18H2,1-4H3/t22-/m1/s1. The summed E-state index contributed by atoms with van der Waals surface area (Å²) in [7, 11) is -3.11. The number of ether oxygens (including phenoxy) is 1. The molecule has 2 aromatic rings. The van der Waals surface area contributed by atoms with Crippen molar-refractivity contribution in [3.05, 3.63) is 65.2 Å². The summed E-state index contributed by atoms with van der Waals surface area (Å²) in [6, 6.07) is 15.0. The average molecular weight is 444 g/mol. The highest BCUT2D eigenvalue weighted by molar-refractivity contribution is 7.91. The Morgan fingerprint density at radius 2 is 1.71 bits per heavy atom. The van der Waals surface area contributed by atoms with Gasteiger partial charge in [0.25, 0.3) is 5.91 Å². The predicted molar refractivity (Wildman–Crippen MR) is 124 cm³/mol. The highest BCUT2D eigenvalue weighted by Crippen LogP contribution is 2.26. The molecule has 1 saturated heterocycles. The van der Waals surface area contributed by atoms with Gasteiger partial charge in [-0.1, -0.05) is 52.0 Å². The highest BCUT2D eigenvalue weighted by atomic mass is 32.2. The molecule has 1 heterocycles. The first-order valence-electron chi connectivity index (χ1n) is 10.9. The third-order valence-electron chi connectivity index (χ3n) is 5.66. The number of nitrogens with zero attached hydrogens (tertiary/aromatic N) is 1. The molecule has 6 heteroatoms. The van der Waals surface area contributed by atoms with Gasteiger partial charge in [-0.25, -0.2) is 8.42 Å². The minimum Gasteiger partial charge on any atom is -0.494 e.